The van der Waals surface area contributed by atoms with Crippen molar-refractivity contribution >= 4 is 34.0 Å². The molecule has 2 amide bonds. The predicted octanol–water partition coefficient (Wildman–Crippen LogP) is 11.7. The standard InChI is InChI=1S/C57H60N4O4/c1-60-27-23-51(24-28-60)64-49-18-10-42(11-19-49)40-6-14-47(15-7-40)58-55(62)54-4-2-3-44-31-38(5-22-53(44)54)37-61-29-25-52(26-30-61)65-50-20-12-43(13-21-50)41-8-16-48(17-9-41)59-56(63)57-34-39-32-45(35-57)46(33-39)36-57/h2-22,31,39,45-46,51-52H,23-30,32-37H2,1H3,(H,58,62)(H,59,63). The Morgan fingerprint density at radius 2 is 1.12 bits per heavy atom. The first-order valence-corrected chi connectivity index (χ1v) is 24.1. The summed E-state index contributed by atoms with van der Waals surface area (Å²) in [6, 6.07) is 45.5. The summed E-state index contributed by atoms with van der Waals surface area (Å²) in [5, 5.41) is 8.41. The van der Waals surface area contributed by atoms with E-state index in [0.29, 0.717) is 5.56 Å². The number of fused-ring (bicyclic) bond motifs is 1. The summed E-state index contributed by atoms with van der Waals surface area (Å²) < 4.78 is 12.7. The maximum Gasteiger partial charge on any atom is 0.256 e. The average Bonchev–Trinajstić information content (AvgIpc) is 3.76. The van der Waals surface area contributed by atoms with E-state index < -0.39 is 0 Å². The first kappa shape index (κ1) is 41.7. The van der Waals surface area contributed by atoms with Crippen molar-refractivity contribution in [2.75, 3.05) is 43.9 Å². The van der Waals surface area contributed by atoms with Gasteiger partial charge in [0.15, 0.2) is 0 Å². The molecule has 332 valence electrons. The van der Waals surface area contributed by atoms with E-state index in [1.807, 2.05) is 36.4 Å². The molecular weight excluding hydrogens is 805 g/mol. The quantitative estimate of drug-likeness (QED) is 0.128. The number of piperidine rings is 2. The van der Waals surface area contributed by atoms with E-state index in [2.05, 4.69) is 125 Å². The molecule has 6 aromatic rings. The molecular formula is C57H60N4O4. The summed E-state index contributed by atoms with van der Waals surface area (Å²) in [5.74, 6) is 4.27. The van der Waals surface area contributed by atoms with Gasteiger partial charge in [-0.3, -0.25) is 14.5 Å². The maximum absolute atomic E-state index is 13.6. The fourth-order valence-corrected chi connectivity index (χ4v) is 12.1. The van der Waals surface area contributed by atoms with Crippen LogP contribution in [0.25, 0.3) is 33.0 Å². The average molecular weight is 865 g/mol. The van der Waals surface area contributed by atoms with Crippen LogP contribution in [0, 0.1) is 23.2 Å². The van der Waals surface area contributed by atoms with E-state index in [9.17, 15) is 9.59 Å². The molecule has 0 aromatic heterocycles. The Balaban J connectivity index is 0.640. The number of rotatable bonds is 12. The lowest BCUT2D eigenvalue weighted by molar-refractivity contribution is -0.128. The van der Waals surface area contributed by atoms with E-state index in [1.165, 1.54) is 18.4 Å². The molecule has 2 unspecified atom stereocenters. The lowest BCUT2D eigenvalue weighted by atomic mass is 9.69. The lowest BCUT2D eigenvalue weighted by Crippen LogP contribution is -2.39. The van der Waals surface area contributed by atoms with Gasteiger partial charge in [0.25, 0.3) is 5.91 Å². The number of amides is 2. The molecule has 0 spiro atoms. The van der Waals surface area contributed by atoms with Gasteiger partial charge in [-0.2, -0.15) is 0 Å². The van der Waals surface area contributed by atoms with Crippen molar-refractivity contribution in [3.05, 3.63) is 145 Å². The Kier molecular flexibility index (Phi) is 11.4. The molecule has 6 aromatic carbocycles. The SMILES string of the molecule is CN1CCC(Oc2ccc(-c3ccc(NC(=O)c4cccc5cc(CN6CCC(Oc7ccc(-c8ccc(NC(=O)C9%10CC%11CC(C9)C(C%11)C%10)cc8)cc7)CC6)ccc45)cc3)cc2)CC1. The van der Waals surface area contributed by atoms with Crippen molar-refractivity contribution in [2.45, 2.75) is 76.5 Å². The topological polar surface area (TPSA) is 83.1 Å². The van der Waals surface area contributed by atoms with Crippen LogP contribution in [-0.4, -0.2) is 67.0 Å². The van der Waals surface area contributed by atoms with E-state index in [0.717, 1.165) is 151 Å². The summed E-state index contributed by atoms with van der Waals surface area (Å²) in [7, 11) is 2.16. The number of anilines is 2. The van der Waals surface area contributed by atoms with Gasteiger partial charge >= 0.3 is 0 Å². The summed E-state index contributed by atoms with van der Waals surface area (Å²) in [5.41, 5.74) is 7.90. The highest BCUT2D eigenvalue weighted by atomic mass is 16.5. The van der Waals surface area contributed by atoms with Crippen molar-refractivity contribution in [3.8, 4) is 33.8 Å². The second kappa shape index (κ2) is 17.8. The molecule has 65 heavy (non-hydrogen) atoms. The van der Waals surface area contributed by atoms with Crippen LogP contribution in [0.15, 0.2) is 133 Å². The van der Waals surface area contributed by atoms with Gasteiger partial charge < -0.3 is 25.0 Å². The minimum atomic E-state index is -0.124. The van der Waals surface area contributed by atoms with Crippen molar-refractivity contribution in [1.82, 2.24) is 9.80 Å². The second-order valence-electron chi connectivity index (χ2n) is 19.9. The third kappa shape index (κ3) is 9.03. The second-order valence-corrected chi connectivity index (χ2v) is 19.9. The third-order valence-electron chi connectivity index (χ3n) is 15.5. The Labute approximate surface area is 383 Å². The number of hydrogen-bond acceptors (Lipinski definition) is 6. The minimum absolute atomic E-state index is 0.115. The van der Waals surface area contributed by atoms with Crippen LogP contribution in [-0.2, 0) is 11.3 Å². The predicted molar refractivity (Wildman–Crippen MR) is 260 cm³/mol. The maximum atomic E-state index is 13.6. The number of carbonyl (C=O) groups excluding carboxylic acids is 2. The van der Waals surface area contributed by atoms with Crippen LogP contribution >= 0.6 is 0 Å². The van der Waals surface area contributed by atoms with Gasteiger partial charge in [0, 0.05) is 49.7 Å². The molecule has 2 N–H and O–H groups in total. The normalized spacial score (nSPS) is 23.4. The van der Waals surface area contributed by atoms with E-state index >= 15 is 0 Å². The summed E-state index contributed by atoms with van der Waals surface area (Å²) in [6.07, 6.45) is 10.5. The van der Waals surface area contributed by atoms with Gasteiger partial charge in [-0.1, -0.05) is 72.8 Å². The van der Waals surface area contributed by atoms with Crippen LogP contribution in [0.4, 0.5) is 11.4 Å². The molecule has 2 atom stereocenters. The Morgan fingerprint density at radius 3 is 1.68 bits per heavy atom. The molecule has 2 saturated heterocycles. The zero-order chi connectivity index (χ0) is 43.9. The van der Waals surface area contributed by atoms with Crippen LogP contribution in [0.3, 0.4) is 0 Å². The number of carbonyl (C=O) groups is 2. The zero-order valence-electron chi connectivity index (χ0n) is 37.5. The van der Waals surface area contributed by atoms with Gasteiger partial charge in [-0.05, 0) is 182 Å². The van der Waals surface area contributed by atoms with Crippen molar-refractivity contribution < 1.29 is 19.1 Å². The summed E-state index contributed by atoms with van der Waals surface area (Å²) >= 11 is 0. The first-order chi connectivity index (χ1) is 31.8. The fraction of sp³-hybridized carbons (Fsp3) is 0.368. The monoisotopic (exact) mass is 864 g/mol. The number of nitrogens with one attached hydrogen (secondary N) is 2. The molecule has 8 nitrogen and oxygen atoms in total. The number of benzene rings is 6. The van der Waals surface area contributed by atoms with E-state index in [-0.39, 0.29) is 29.4 Å². The Morgan fingerprint density at radius 1 is 0.600 bits per heavy atom. The Hall–Kier alpha value is -5.96. The van der Waals surface area contributed by atoms with Crippen molar-refractivity contribution in [2.24, 2.45) is 23.2 Å². The molecule has 4 aliphatic carbocycles. The fourth-order valence-electron chi connectivity index (χ4n) is 12.1. The van der Waals surface area contributed by atoms with Crippen LogP contribution in [0.2, 0.25) is 0 Å². The lowest BCUT2D eigenvalue weighted by Gasteiger charge is -2.36. The van der Waals surface area contributed by atoms with Gasteiger partial charge in [0.2, 0.25) is 5.91 Å². The minimum Gasteiger partial charge on any atom is -0.490 e. The molecule has 6 aliphatic rings. The number of nitrogens with zero attached hydrogens (tertiary/aromatic N) is 2. The molecule has 4 bridgehead atoms. The first-order valence-electron chi connectivity index (χ1n) is 24.1. The number of likely N-dealkylation sites (tertiary alicyclic amines) is 2. The highest BCUT2D eigenvalue weighted by Gasteiger charge is 2.59. The summed E-state index contributed by atoms with van der Waals surface area (Å²) in [4.78, 5) is 31.9. The smallest absolute Gasteiger partial charge is 0.256 e. The third-order valence-corrected chi connectivity index (χ3v) is 15.5. The van der Waals surface area contributed by atoms with Crippen LogP contribution in [0.5, 0.6) is 11.5 Å². The highest BCUT2D eigenvalue weighted by Crippen LogP contribution is 2.64. The van der Waals surface area contributed by atoms with E-state index in [1.54, 1.807) is 0 Å². The van der Waals surface area contributed by atoms with Gasteiger partial charge in [0.1, 0.15) is 23.7 Å². The highest BCUT2D eigenvalue weighted by molar-refractivity contribution is 6.13. The zero-order valence-corrected chi connectivity index (χ0v) is 37.5. The van der Waals surface area contributed by atoms with Gasteiger partial charge in [-0.25, -0.2) is 0 Å². The molecule has 4 saturated carbocycles. The number of hydrogen-bond donors (Lipinski definition) is 2. The van der Waals surface area contributed by atoms with Crippen LogP contribution < -0.4 is 20.1 Å². The van der Waals surface area contributed by atoms with Crippen molar-refractivity contribution in [3.63, 3.8) is 0 Å². The largest absolute Gasteiger partial charge is 0.490 e. The molecule has 0 radical (unpaired) electrons. The van der Waals surface area contributed by atoms with E-state index in [4.69, 9.17) is 9.47 Å². The molecule has 2 heterocycles. The van der Waals surface area contributed by atoms with Crippen LogP contribution in [0.1, 0.15) is 73.7 Å². The molecule has 8 heteroatoms. The van der Waals surface area contributed by atoms with Gasteiger partial charge in [0.05, 0.1) is 5.41 Å². The molecule has 2 aliphatic heterocycles. The molecule has 6 fully saturated rings. The number of ether oxygens (including phenoxy) is 2. The van der Waals surface area contributed by atoms with Crippen molar-refractivity contribution in [1.29, 1.82) is 0 Å². The Bertz CT molecular complexity index is 2630. The van der Waals surface area contributed by atoms with Gasteiger partial charge in [-0.15, -0.1) is 0 Å². The molecule has 12 rings (SSSR count). The summed E-state index contributed by atoms with van der Waals surface area (Å²) in [6.45, 7) is 4.94.